The Morgan fingerprint density at radius 2 is 2.00 bits per heavy atom. The molecule has 0 radical (unpaired) electrons. The molecule has 2 aromatic carbocycles. The number of amides is 1. The van der Waals surface area contributed by atoms with E-state index in [2.05, 4.69) is 63.9 Å². The van der Waals surface area contributed by atoms with E-state index in [0.29, 0.717) is 17.3 Å². The van der Waals surface area contributed by atoms with Gasteiger partial charge < -0.3 is 14.8 Å². The van der Waals surface area contributed by atoms with Crippen LogP contribution in [0, 0.1) is 6.92 Å². The fourth-order valence-corrected chi connectivity index (χ4v) is 4.71. The number of hydrogen-bond donors (Lipinski definition) is 2. The third-order valence-electron chi connectivity index (χ3n) is 6.57. The summed E-state index contributed by atoms with van der Waals surface area (Å²) in [7, 11) is 0. The average Bonchev–Trinajstić information content (AvgIpc) is 3.38. The summed E-state index contributed by atoms with van der Waals surface area (Å²) >= 11 is 0. The number of carbonyl (C=O) groups is 1. The van der Waals surface area contributed by atoms with Gasteiger partial charge in [0.05, 0.1) is 17.6 Å². The standard InChI is InChI=1S/C25H26N4O2/c1-3-17-8-10-18(11-9-17)25(12-5-13-25)21-14-26-23-19(21)6-4-7-20(23)24(30)27-15-22-28-16(2)31-29-22/h4,6-11,14,26H,3,5,12-13,15H2,1-2H3,(H,27,30). The Balaban J connectivity index is 1.47. The first-order chi connectivity index (χ1) is 15.1. The van der Waals surface area contributed by atoms with Gasteiger partial charge in [0.25, 0.3) is 5.91 Å². The van der Waals surface area contributed by atoms with Crippen LogP contribution in [0.1, 0.15) is 64.9 Å². The summed E-state index contributed by atoms with van der Waals surface area (Å²) in [5.74, 6) is 0.795. The lowest BCUT2D eigenvalue weighted by molar-refractivity contribution is 0.0951. The fourth-order valence-electron chi connectivity index (χ4n) is 4.71. The van der Waals surface area contributed by atoms with E-state index >= 15 is 0 Å². The van der Waals surface area contributed by atoms with Crippen molar-refractivity contribution in [3.63, 3.8) is 0 Å². The number of rotatable bonds is 6. The Morgan fingerprint density at radius 3 is 2.65 bits per heavy atom. The summed E-state index contributed by atoms with van der Waals surface area (Å²) in [4.78, 5) is 20.4. The molecule has 1 amide bonds. The molecule has 1 saturated carbocycles. The van der Waals surface area contributed by atoms with E-state index in [9.17, 15) is 4.79 Å². The molecule has 0 unspecified atom stereocenters. The smallest absolute Gasteiger partial charge is 0.253 e. The van der Waals surface area contributed by atoms with Crippen molar-refractivity contribution in [1.82, 2.24) is 20.4 Å². The van der Waals surface area contributed by atoms with Crippen LogP contribution < -0.4 is 5.32 Å². The second-order valence-electron chi connectivity index (χ2n) is 8.33. The van der Waals surface area contributed by atoms with E-state index in [1.165, 1.54) is 23.1 Å². The molecule has 0 aliphatic heterocycles. The Labute approximate surface area is 181 Å². The average molecular weight is 415 g/mol. The molecule has 2 N–H and O–H groups in total. The highest BCUT2D eigenvalue weighted by molar-refractivity contribution is 6.06. The van der Waals surface area contributed by atoms with Crippen LogP contribution >= 0.6 is 0 Å². The van der Waals surface area contributed by atoms with Crippen LogP contribution in [0.2, 0.25) is 0 Å². The van der Waals surface area contributed by atoms with Crippen molar-refractivity contribution < 1.29 is 9.32 Å². The van der Waals surface area contributed by atoms with Crippen LogP contribution in [0.25, 0.3) is 10.9 Å². The number of aromatic amines is 1. The van der Waals surface area contributed by atoms with Gasteiger partial charge in [-0.2, -0.15) is 4.98 Å². The van der Waals surface area contributed by atoms with E-state index in [0.717, 1.165) is 30.2 Å². The molecule has 0 bridgehead atoms. The van der Waals surface area contributed by atoms with Crippen molar-refractivity contribution in [2.45, 2.75) is 51.5 Å². The summed E-state index contributed by atoms with van der Waals surface area (Å²) in [6.07, 6.45) is 6.60. The summed E-state index contributed by atoms with van der Waals surface area (Å²) < 4.78 is 4.97. The molecule has 2 heterocycles. The number of nitrogens with one attached hydrogen (secondary N) is 2. The van der Waals surface area contributed by atoms with Crippen molar-refractivity contribution in [2.75, 3.05) is 0 Å². The minimum absolute atomic E-state index is 0.0157. The van der Waals surface area contributed by atoms with Crippen LogP contribution in [-0.2, 0) is 18.4 Å². The molecule has 0 spiro atoms. The zero-order chi connectivity index (χ0) is 21.4. The molecule has 5 rings (SSSR count). The highest BCUT2D eigenvalue weighted by Crippen LogP contribution is 2.51. The molecule has 1 aliphatic rings. The van der Waals surface area contributed by atoms with Crippen LogP contribution in [0.4, 0.5) is 0 Å². The molecule has 0 saturated heterocycles. The number of fused-ring (bicyclic) bond motifs is 1. The number of benzene rings is 2. The third-order valence-corrected chi connectivity index (χ3v) is 6.57. The SMILES string of the molecule is CCc1ccc(C2(c3c[nH]c4c(C(=O)NCc5noc(C)n5)cccc34)CCC2)cc1. The molecule has 1 fully saturated rings. The normalized spacial score (nSPS) is 15.0. The maximum Gasteiger partial charge on any atom is 0.253 e. The molecule has 6 heteroatoms. The van der Waals surface area contributed by atoms with E-state index in [-0.39, 0.29) is 17.9 Å². The predicted octanol–water partition coefficient (Wildman–Crippen LogP) is 4.82. The molecule has 1 aliphatic carbocycles. The number of para-hydroxylation sites is 1. The maximum atomic E-state index is 12.9. The maximum absolute atomic E-state index is 12.9. The highest BCUT2D eigenvalue weighted by Gasteiger charge is 2.42. The minimum Gasteiger partial charge on any atom is -0.360 e. The number of hydrogen-bond acceptors (Lipinski definition) is 4. The van der Waals surface area contributed by atoms with Gasteiger partial charge >= 0.3 is 0 Å². The Morgan fingerprint density at radius 1 is 1.19 bits per heavy atom. The summed E-state index contributed by atoms with van der Waals surface area (Å²) in [6, 6.07) is 15.0. The number of nitrogens with zero attached hydrogens (tertiary/aromatic N) is 2. The van der Waals surface area contributed by atoms with Crippen molar-refractivity contribution in [2.24, 2.45) is 0 Å². The van der Waals surface area contributed by atoms with E-state index in [4.69, 9.17) is 4.52 Å². The van der Waals surface area contributed by atoms with E-state index < -0.39 is 0 Å². The van der Waals surface area contributed by atoms with Crippen molar-refractivity contribution in [1.29, 1.82) is 0 Å². The van der Waals surface area contributed by atoms with Gasteiger partial charge in [0.15, 0.2) is 5.82 Å². The lowest BCUT2D eigenvalue weighted by Crippen LogP contribution is -2.35. The Bertz CT molecular complexity index is 1230. The van der Waals surface area contributed by atoms with Crippen LogP contribution in [0.3, 0.4) is 0 Å². The van der Waals surface area contributed by atoms with E-state index in [1.54, 1.807) is 6.92 Å². The van der Waals surface area contributed by atoms with Crippen LogP contribution in [0.5, 0.6) is 0 Å². The quantitative estimate of drug-likeness (QED) is 0.474. The Hall–Kier alpha value is -3.41. The highest BCUT2D eigenvalue weighted by atomic mass is 16.5. The monoisotopic (exact) mass is 414 g/mol. The van der Waals surface area contributed by atoms with Gasteiger partial charge in [-0.3, -0.25) is 4.79 Å². The third kappa shape index (κ3) is 3.32. The largest absolute Gasteiger partial charge is 0.360 e. The number of aryl methyl sites for hydroxylation is 2. The van der Waals surface area contributed by atoms with Crippen LogP contribution in [-0.4, -0.2) is 21.0 Å². The Kier molecular flexibility index (Phi) is 4.85. The summed E-state index contributed by atoms with van der Waals surface area (Å²) in [6.45, 7) is 4.14. The second-order valence-corrected chi connectivity index (χ2v) is 8.33. The number of carbonyl (C=O) groups excluding carboxylic acids is 1. The van der Waals surface area contributed by atoms with Gasteiger partial charge in [0.1, 0.15) is 0 Å². The van der Waals surface area contributed by atoms with Crippen LogP contribution in [0.15, 0.2) is 53.2 Å². The first kappa shape index (κ1) is 19.5. The van der Waals surface area contributed by atoms with Gasteiger partial charge in [0.2, 0.25) is 5.89 Å². The fraction of sp³-hybridized carbons (Fsp3) is 0.320. The van der Waals surface area contributed by atoms with Gasteiger partial charge in [-0.05, 0) is 42.0 Å². The number of H-pyrrole nitrogens is 1. The molecular formula is C25H26N4O2. The van der Waals surface area contributed by atoms with E-state index in [1.807, 2.05) is 12.1 Å². The molecule has 0 atom stereocenters. The molecular weight excluding hydrogens is 388 g/mol. The molecule has 6 nitrogen and oxygen atoms in total. The summed E-state index contributed by atoms with van der Waals surface area (Å²) in [5, 5.41) is 7.85. The van der Waals surface area contributed by atoms with Gasteiger partial charge in [-0.1, -0.05) is 54.9 Å². The zero-order valence-electron chi connectivity index (χ0n) is 17.9. The topological polar surface area (TPSA) is 83.8 Å². The predicted molar refractivity (Wildman–Crippen MR) is 119 cm³/mol. The minimum atomic E-state index is -0.156. The van der Waals surface area contributed by atoms with Gasteiger partial charge in [-0.25, -0.2) is 0 Å². The van der Waals surface area contributed by atoms with Crippen molar-refractivity contribution in [3.8, 4) is 0 Å². The zero-order valence-corrected chi connectivity index (χ0v) is 17.9. The van der Waals surface area contributed by atoms with Crippen molar-refractivity contribution >= 4 is 16.8 Å². The second kappa shape index (κ2) is 7.69. The number of aromatic nitrogens is 3. The summed E-state index contributed by atoms with van der Waals surface area (Å²) in [5.41, 5.74) is 5.51. The first-order valence-electron chi connectivity index (χ1n) is 10.9. The molecule has 2 aromatic heterocycles. The van der Waals surface area contributed by atoms with Crippen molar-refractivity contribution in [3.05, 3.63) is 82.6 Å². The van der Waals surface area contributed by atoms with Gasteiger partial charge in [0, 0.05) is 23.9 Å². The molecule has 31 heavy (non-hydrogen) atoms. The molecule has 4 aromatic rings. The molecule has 158 valence electrons. The lowest BCUT2D eigenvalue weighted by atomic mass is 9.60. The van der Waals surface area contributed by atoms with Gasteiger partial charge in [-0.15, -0.1) is 0 Å². The lowest BCUT2D eigenvalue weighted by Gasteiger charge is -2.43. The first-order valence-corrected chi connectivity index (χ1v) is 10.9.